The molecule has 1 aliphatic heterocycles. The predicted octanol–water partition coefficient (Wildman–Crippen LogP) is 0.739. The van der Waals surface area contributed by atoms with Crippen molar-refractivity contribution in [3.63, 3.8) is 0 Å². The van der Waals surface area contributed by atoms with E-state index in [0.29, 0.717) is 19.6 Å². The average Bonchev–Trinajstić information content (AvgIpc) is 2.02. The lowest BCUT2D eigenvalue weighted by molar-refractivity contribution is 0.0634. The van der Waals surface area contributed by atoms with E-state index in [-0.39, 0.29) is 17.2 Å². The Morgan fingerprint density at radius 1 is 1.43 bits per heavy atom. The van der Waals surface area contributed by atoms with Gasteiger partial charge in [-0.15, -0.1) is 0 Å². The van der Waals surface area contributed by atoms with E-state index in [1.807, 2.05) is 20.8 Å². The molecule has 84 valence electrons. The average molecular weight is 221 g/mol. The zero-order chi connectivity index (χ0) is 10.8. The van der Waals surface area contributed by atoms with Crippen LogP contribution in [-0.4, -0.2) is 32.9 Å². The van der Waals surface area contributed by atoms with Crippen molar-refractivity contribution in [2.75, 3.05) is 13.2 Å². The van der Waals surface area contributed by atoms with Crippen LogP contribution in [0.15, 0.2) is 0 Å². The molecule has 0 spiro atoms. The van der Waals surface area contributed by atoms with Gasteiger partial charge in [-0.2, -0.15) is 0 Å². The SMILES string of the molecule is CC(C)NS(=O)(=O)C1CCOCC1C. The third-order valence-electron chi connectivity index (χ3n) is 2.36. The highest BCUT2D eigenvalue weighted by molar-refractivity contribution is 7.90. The molecule has 14 heavy (non-hydrogen) atoms. The van der Waals surface area contributed by atoms with Crippen molar-refractivity contribution in [3.8, 4) is 0 Å². The van der Waals surface area contributed by atoms with Crippen LogP contribution in [0.2, 0.25) is 0 Å². The lowest BCUT2D eigenvalue weighted by Crippen LogP contribution is -2.45. The first-order valence-corrected chi connectivity index (χ1v) is 6.57. The Balaban J connectivity index is 2.70. The van der Waals surface area contributed by atoms with E-state index in [4.69, 9.17) is 4.74 Å². The van der Waals surface area contributed by atoms with Crippen molar-refractivity contribution in [1.82, 2.24) is 4.72 Å². The molecule has 0 saturated carbocycles. The maximum Gasteiger partial charge on any atom is 0.215 e. The van der Waals surface area contributed by atoms with Gasteiger partial charge in [-0.25, -0.2) is 13.1 Å². The summed E-state index contributed by atoms with van der Waals surface area (Å²) in [5, 5.41) is -0.293. The molecule has 0 aromatic heterocycles. The van der Waals surface area contributed by atoms with E-state index < -0.39 is 10.0 Å². The second kappa shape index (κ2) is 4.59. The third kappa shape index (κ3) is 2.93. The molecule has 1 fully saturated rings. The topological polar surface area (TPSA) is 55.4 Å². The lowest BCUT2D eigenvalue weighted by atomic mass is 10.0. The molecule has 0 amide bonds. The highest BCUT2D eigenvalue weighted by Gasteiger charge is 2.33. The largest absolute Gasteiger partial charge is 0.381 e. The molecule has 5 heteroatoms. The van der Waals surface area contributed by atoms with Crippen molar-refractivity contribution in [3.05, 3.63) is 0 Å². The molecule has 1 aliphatic rings. The number of nitrogens with one attached hydrogen (secondary N) is 1. The van der Waals surface area contributed by atoms with Gasteiger partial charge in [0.25, 0.3) is 0 Å². The van der Waals surface area contributed by atoms with Crippen LogP contribution in [0.1, 0.15) is 27.2 Å². The van der Waals surface area contributed by atoms with Gasteiger partial charge in [0.1, 0.15) is 0 Å². The Bertz CT molecular complexity index is 274. The smallest absolute Gasteiger partial charge is 0.215 e. The quantitative estimate of drug-likeness (QED) is 0.764. The fourth-order valence-corrected chi connectivity index (χ4v) is 3.67. The Labute approximate surface area is 86.1 Å². The Hall–Kier alpha value is -0.130. The minimum atomic E-state index is -3.16. The van der Waals surface area contributed by atoms with Gasteiger partial charge in [0.05, 0.1) is 11.9 Å². The summed E-state index contributed by atoms with van der Waals surface area (Å²) in [5.41, 5.74) is 0. The van der Waals surface area contributed by atoms with Gasteiger partial charge >= 0.3 is 0 Å². The Morgan fingerprint density at radius 3 is 2.57 bits per heavy atom. The van der Waals surface area contributed by atoms with Crippen molar-refractivity contribution in [2.24, 2.45) is 5.92 Å². The third-order valence-corrected chi connectivity index (χ3v) is 4.66. The summed E-state index contributed by atoms with van der Waals surface area (Å²) in [7, 11) is -3.16. The fourth-order valence-electron chi connectivity index (χ4n) is 1.74. The maximum atomic E-state index is 11.8. The molecule has 0 radical (unpaired) electrons. The van der Waals surface area contributed by atoms with Crippen LogP contribution in [0.5, 0.6) is 0 Å². The predicted molar refractivity (Wildman–Crippen MR) is 55.6 cm³/mol. The molecule has 1 heterocycles. The molecule has 1 rings (SSSR count). The molecule has 2 unspecified atom stereocenters. The van der Waals surface area contributed by atoms with Crippen molar-refractivity contribution < 1.29 is 13.2 Å². The minimum absolute atomic E-state index is 0.0324. The summed E-state index contributed by atoms with van der Waals surface area (Å²) in [6, 6.07) is -0.0324. The van der Waals surface area contributed by atoms with Crippen molar-refractivity contribution >= 4 is 10.0 Å². The van der Waals surface area contributed by atoms with Gasteiger partial charge in [0.15, 0.2) is 0 Å². The molecule has 1 N–H and O–H groups in total. The van der Waals surface area contributed by atoms with Crippen LogP contribution in [0.3, 0.4) is 0 Å². The molecule has 0 bridgehead atoms. The monoisotopic (exact) mass is 221 g/mol. The second-order valence-corrected chi connectivity index (χ2v) is 6.13. The summed E-state index contributed by atoms with van der Waals surface area (Å²) in [4.78, 5) is 0. The highest BCUT2D eigenvalue weighted by Crippen LogP contribution is 2.20. The van der Waals surface area contributed by atoms with Gasteiger partial charge in [-0.3, -0.25) is 0 Å². The van der Waals surface area contributed by atoms with Crippen molar-refractivity contribution in [2.45, 2.75) is 38.5 Å². The number of hydrogen-bond acceptors (Lipinski definition) is 3. The van der Waals surface area contributed by atoms with Gasteiger partial charge in [-0.1, -0.05) is 6.92 Å². The Morgan fingerprint density at radius 2 is 2.07 bits per heavy atom. The molecule has 2 atom stereocenters. The normalized spacial score (nSPS) is 29.4. The zero-order valence-electron chi connectivity index (χ0n) is 8.99. The van der Waals surface area contributed by atoms with E-state index in [1.54, 1.807) is 0 Å². The first-order chi connectivity index (χ1) is 6.43. The summed E-state index contributed by atoms with van der Waals surface area (Å²) in [6.45, 7) is 6.68. The molecule has 1 saturated heterocycles. The van der Waals surface area contributed by atoms with Gasteiger partial charge in [0.2, 0.25) is 10.0 Å². The summed E-state index contributed by atoms with van der Waals surface area (Å²) >= 11 is 0. The highest BCUT2D eigenvalue weighted by atomic mass is 32.2. The van der Waals surface area contributed by atoms with Crippen LogP contribution in [0.4, 0.5) is 0 Å². The first-order valence-electron chi connectivity index (χ1n) is 5.02. The second-order valence-electron chi connectivity index (χ2n) is 4.20. The van der Waals surface area contributed by atoms with Crippen LogP contribution in [0.25, 0.3) is 0 Å². The molecule has 0 aliphatic carbocycles. The van der Waals surface area contributed by atoms with Crippen LogP contribution >= 0.6 is 0 Å². The van der Waals surface area contributed by atoms with E-state index in [0.717, 1.165) is 0 Å². The molecular weight excluding hydrogens is 202 g/mol. The van der Waals surface area contributed by atoms with E-state index >= 15 is 0 Å². The summed E-state index contributed by atoms with van der Waals surface area (Å²) in [5.74, 6) is 0.0833. The number of rotatable bonds is 3. The number of ether oxygens (including phenoxy) is 1. The summed E-state index contributed by atoms with van der Waals surface area (Å²) < 4.78 is 31.5. The maximum absolute atomic E-state index is 11.8. The van der Waals surface area contributed by atoms with Crippen LogP contribution < -0.4 is 4.72 Å². The molecule has 4 nitrogen and oxygen atoms in total. The lowest BCUT2D eigenvalue weighted by Gasteiger charge is -2.29. The minimum Gasteiger partial charge on any atom is -0.381 e. The summed E-state index contributed by atoms with van der Waals surface area (Å²) in [6.07, 6.45) is 0.600. The molecule has 0 aromatic carbocycles. The zero-order valence-corrected chi connectivity index (χ0v) is 9.80. The van der Waals surface area contributed by atoms with Gasteiger partial charge < -0.3 is 4.74 Å². The first kappa shape index (κ1) is 11.9. The van der Waals surface area contributed by atoms with E-state index in [1.165, 1.54) is 0 Å². The standard InChI is InChI=1S/C9H19NO3S/c1-7(2)10-14(11,12)9-4-5-13-6-8(9)3/h7-10H,4-6H2,1-3H3. The van der Waals surface area contributed by atoms with Crippen molar-refractivity contribution in [1.29, 1.82) is 0 Å². The number of sulfonamides is 1. The number of hydrogen-bond donors (Lipinski definition) is 1. The van der Waals surface area contributed by atoms with Crippen LogP contribution in [0, 0.1) is 5.92 Å². The van der Waals surface area contributed by atoms with Gasteiger partial charge in [0, 0.05) is 12.6 Å². The van der Waals surface area contributed by atoms with E-state index in [2.05, 4.69) is 4.72 Å². The molecular formula is C9H19NO3S. The fraction of sp³-hybridized carbons (Fsp3) is 1.00. The van der Waals surface area contributed by atoms with Crippen LogP contribution in [-0.2, 0) is 14.8 Å². The Kier molecular flexibility index (Phi) is 3.92. The van der Waals surface area contributed by atoms with E-state index in [9.17, 15) is 8.42 Å². The molecule has 0 aromatic rings. The van der Waals surface area contributed by atoms with Gasteiger partial charge in [-0.05, 0) is 26.2 Å².